The third-order valence-corrected chi connectivity index (χ3v) is 7.75. The average Bonchev–Trinajstić information content (AvgIpc) is 2.91. The summed E-state index contributed by atoms with van der Waals surface area (Å²) in [5.41, 5.74) is 4.24. The largest absolute Gasteiger partial charge is 0.497 e. The molecule has 0 radical (unpaired) electrons. The van der Waals surface area contributed by atoms with E-state index in [1.807, 2.05) is 48.5 Å². The standard InChI is InChI=1S/C29H29N3O2/c1-3-18-17-32-13-12-20(18)14-28(32)29(33)23-16-27(31-25-11-9-21(34-2)15-22(23)25)26-10-8-19-6-4-5-7-24(19)30-26/h3-11,15-16,18,20,28-29,33H,1,12-14,17H2,2H3/t18?,20?,28?,29-/m1/s1. The fourth-order valence-corrected chi connectivity index (χ4v) is 5.86. The predicted molar refractivity (Wildman–Crippen MR) is 136 cm³/mol. The molecular weight excluding hydrogens is 422 g/mol. The molecule has 4 aromatic rings. The van der Waals surface area contributed by atoms with Gasteiger partial charge in [-0.3, -0.25) is 4.90 Å². The van der Waals surface area contributed by atoms with Gasteiger partial charge in [0.05, 0.1) is 35.6 Å². The van der Waals surface area contributed by atoms with Crippen molar-refractivity contribution in [3.63, 3.8) is 0 Å². The first-order valence-corrected chi connectivity index (χ1v) is 12.0. The molecule has 3 fully saturated rings. The van der Waals surface area contributed by atoms with Gasteiger partial charge in [0, 0.05) is 23.4 Å². The van der Waals surface area contributed by atoms with Crippen molar-refractivity contribution < 1.29 is 9.84 Å². The Morgan fingerprint density at radius 2 is 1.91 bits per heavy atom. The van der Waals surface area contributed by atoms with Gasteiger partial charge in [0.15, 0.2) is 0 Å². The minimum atomic E-state index is -0.620. The van der Waals surface area contributed by atoms with Crippen LogP contribution in [0.4, 0.5) is 0 Å². The van der Waals surface area contributed by atoms with E-state index in [1.54, 1.807) is 7.11 Å². The van der Waals surface area contributed by atoms with Crippen molar-refractivity contribution in [2.45, 2.75) is 25.0 Å². The lowest BCUT2D eigenvalue weighted by Crippen LogP contribution is -2.54. The Labute approximate surface area is 199 Å². The number of pyridine rings is 2. The van der Waals surface area contributed by atoms with Gasteiger partial charge in [-0.2, -0.15) is 0 Å². The van der Waals surface area contributed by atoms with Crippen LogP contribution in [-0.2, 0) is 0 Å². The molecule has 5 heterocycles. The molecule has 5 heteroatoms. The molecule has 2 aromatic heterocycles. The predicted octanol–water partition coefficient (Wildman–Crippen LogP) is 5.39. The highest BCUT2D eigenvalue weighted by Gasteiger charge is 2.42. The number of para-hydroxylation sites is 1. The number of aliphatic hydroxyl groups is 1. The lowest BCUT2D eigenvalue weighted by molar-refractivity contribution is -0.0444. The minimum absolute atomic E-state index is 0.0872. The highest BCUT2D eigenvalue weighted by atomic mass is 16.5. The third-order valence-electron chi connectivity index (χ3n) is 7.75. The van der Waals surface area contributed by atoms with E-state index >= 15 is 0 Å². The maximum Gasteiger partial charge on any atom is 0.119 e. The van der Waals surface area contributed by atoms with E-state index in [9.17, 15) is 5.11 Å². The molecule has 5 atom stereocenters. The molecule has 5 nitrogen and oxygen atoms in total. The van der Waals surface area contributed by atoms with Gasteiger partial charge < -0.3 is 9.84 Å². The number of ether oxygens (including phenoxy) is 1. The lowest BCUT2D eigenvalue weighted by atomic mass is 9.73. The highest BCUT2D eigenvalue weighted by molar-refractivity contribution is 5.87. The number of aromatic nitrogens is 2. The molecule has 34 heavy (non-hydrogen) atoms. The monoisotopic (exact) mass is 451 g/mol. The fourth-order valence-electron chi connectivity index (χ4n) is 5.86. The van der Waals surface area contributed by atoms with E-state index in [0.29, 0.717) is 11.8 Å². The van der Waals surface area contributed by atoms with Crippen LogP contribution < -0.4 is 4.74 Å². The topological polar surface area (TPSA) is 58.5 Å². The number of aliphatic hydroxyl groups excluding tert-OH is 1. The Morgan fingerprint density at radius 3 is 2.71 bits per heavy atom. The lowest BCUT2D eigenvalue weighted by Gasteiger charge is -2.50. The summed E-state index contributed by atoms with van der Waals surface area (Å²) in [7, 11) is 1.67. The first-order valence-electron chi connectivity index (χ1n) is 12.0. The number of benzene rings is 2. The Balaban J connectivity index is 1.47. The van der Waals surface area contributed by atoms with E-state index in [4.69, 9.17) is 14.7 Å². The quantitative estimate of drug-likeness (QED) is 0.413. The number of piperidine rings is 3. The van der Waals surface area contributed by atoms with Gasteiger partial charge in [-0.15, -0.1) is 6.58 Å². The summed E-state index contributed by atoms with van der Waals surface area (Å²) in [6.45, 7) is 6.04. The van der Waals surface area contributed by atoms with Crippen LogP contribution >= 0.6 is 0 Å². The molecule has 2 aromatic carbocycles. The molecule has 0 amide bonds. The summed E-state index contributed by atoms with van der Waals surface area (Å²) in [4.78, 5) is 12.2. The molecule has 3 aliphatic rings. The molecule has 2 bridgehead atoms. The van der Waals surface area contributed by atoms with Crippen molar-refractivity contribution in [3.05, 3.63) is 78.9 Å². The van der Waals surface area contributed by atoms with Crippen LogP contribution in [0, 0.1) is 11.8 Å². The molecule has 0 aliphatic carbocycles. The molecular formula is C29H29N3O2. The van der Waals surface area contributed by atoms with Gasteiger partial charge in [0.1, 0.15) is 5.75 Å². The zero-order valence-corrected chi connectivity index (χ0v) is 19.4. The first-order chi connectivity index (χ1) is 16.6. The Bertz CT molecular complexity index is 1380. The van der Waals surface area contributed by atoms with Crippen molar-refractivity contribution in [2.75, 3.05) is 20.2 Å². The summed E-state index contributed by atoms with van der Waals surface area (Å²) in [5.74, 6) is 1.87. The molecule has 172 valence electrons. The van der Waals surface area contributed by atoms with E-state index < -0.39 is 6.10 Å². The van der Waals surface area contributed by atoms with Gasteiger partial charge in [0.2, 0.25) is 0 Å². The van der Waals surface area contributed by atoms with Gasteiger partial charge in [-0.1, -0.05) is 30.3 Å². The molecule has 3 saturated heterocycles. The summed E-state index contributed by atoms with van der Waals surface area (Å²) >= 11 is 0. The van der Waals surface area contributed by atoms with Gasteiger partial charge in [0.25, 0.3) is 0 Å². The normalized spacial score (nSPS) is 24.9. The smallest absolute Gasteiger partial charge is 0.119 e. The van der Waals surface area contributed by atoms with Gasteiger partial charge >= 0.3 is 0 Å². The second-order valence-electron chi connectivity index (χ2n) is 9.56. The fraction of sp³-hybridized carbons (Fsp3) is 0.310. The molecule has 1 N–H and O–H groups in total. The molecule has 4 unspecified atom stereocenters. The van der Waals surface area contributed by atoms with Crippen LogP contribution in [0.15, 0.2) is 73.3 Å². The molecule has 3 aliphatic heterocycles. The van der Waals surface area contributed by atoms with E-state index in [-0.39, 0.29) is 6.04 Å². The van der Waals surface area contributed by atoms with Crippen molar-refractivity contribution >= 4 is 21.8 Å². The number of hydrogen-bond acceptors (Lipinski definition) is 5. The second-order valence-corrected chi connectivity index (χ2v) is 9.56. The Morgan fingerprint density at radius 1 is 1.06 bits per heavy atom. The summed E-state index contributed by atoms with van der Waals surface area (Å²) < 4.78 is 5.50. The molecule has 0 spiro atoms. The number of methoxy groups -OCH3 is 1. The summed E-state index contributed by atoms with van der Waals surface area (Å²) in [5, 5.41) is 13.8. The number of nitrogens with zero attached hydrogens (tertiary/aromatic N) is 3. The van der Waals surface area contributed by atoms with Crippen LogP contribution in [0.3, 0.4) is 0 Å². The van der Waals surface area contributed by atoms with Crippen molar-refractivity contribution in [1.82, 2.24) is 14.9 Å². The Kier molecular flexibility index (Phi) is 5.31. The second kappa shape index (κ2) is 8.49. The summed E-state index contributed by atoms with van der Waals surface area (Å²) in [6.07, 6.45) is 3.63. The first kappa shape index (κ1) is 21.3. The van der Waals surface area contributed by atoms with Gasteiger partial charge in [-0.25, -0.2) is 9.97 Å². The molecule has 7 rings (SSSR count). The average molecular weight is 452 g/mol. The SMILES string of the molecule is C=CC1CN2CCC1CC2[C@H](O)c1cc(-c2ccc3ccccc3n2)nc2ccc(OC)cc12. The van der Waals surface area contributed by atoms with Crippen molar-refractivity contribution in [2.24, 2.45) is 11.8 Å². The summed E-state index contributed by atoms with van der Waals surface area (Å²) in [6, 6.07) is 20.2. The number of hydrogen-bond donors (Lipinski definition) is 1. The zero-order chi connectivity index (χ0) is 23.2. The highest BCUT2D eigenvalue weighted by Crippen LogP contribution is 2.43. The van der Waals surface area contributed by atoms with Crippen molar-refractivity contribution in [3.8, 4) is 17.1 Å². The van der Waals surface area contributed by atoms with E-state index in [1.165, 1.54) is 6.42 Å². The van der Waals surface area contributed by atoms with Crippen molar-refractivity contribution in [1.29, 1.82) is 0 Å². The zero-order valence-electron chi connectivity index (χ0n) is 19.4. The van der Waals surface area contributed by atoms with Crippen LogP contribution in [0.1, 0.15) is 24.5 Å². The van der Waals surface area contributed by atoms with Gasteiger partial charge in [-0.05, 0) is 73.2 Å². The molecule has 0 saturated carbocycles. The maximum absolute atomic E-state index is 11.8. The third kappa shape index (κ3) is 3.56. The minimum Gasteiger partial charge on any atom is -0.497 e. The van der Waals surface area contributed by atoms with Crippen LogP contribution in [0.2, 0.25) is 0 Å². The number of rotatable bonds is 5. The van der Waals surface area contributed by atoms with E-state index in [2.05, 4.69) is 29.7 Å². The van der Waals surface area contributed by atoms with E-state index in [0.717, 1.165) is 64.0 Å². The van der Waals surface area contributed by atoms with Crippen LogP contribution in [0.25, 0.3) is 33.2 Å². The Hall–Kier alpha value is -3.28. The van der Waals surface area contributed by atoms with Crippen LogP contribution in [0.5, 0.6) is 5.75 Å². The maximum atomic E-state index is 11.8. The van der Waals surface area contributed by atoms with Crippen LogP contribution in [-0.4, -0.2) is 46.2 Å². The number of fused-ring (bicyclic) bond motifs is 5.